The number of anilines is 1. The number of phenolic OH excluding ortho intramolecular Hbond substituents is 1. The van der Waals surface area contributed by atoms with Crippen molar-refractivity contribution in [1.29, 1.82) is 0 Å². The smallest absolute Gasteiger partial charge is 0.339 e. The molecular formula is C14H12BrNO4. The summed E-state index contributed by atoms with van der Waals surface area (Å²) >= 11 is 3.32. The van der Waals surface area contributed by atoms with Crippen LogP contribution in [0, 0.1) is 0 Å². The number of hydrogen-bond acceptors (Lipinski definition) is 4. The van der Waals surface area contributed by atoms with Crippen LogP contribution in [0.1, 0.15) is 15.9 Å². The average Bonchev–Trinajstić information content (AvgIpc) is 2.39. The van der Waals surface area contributed by atoms with E-state index >= 15 is 0 Å². The lowest BCUT2D eigenvalue weighted by atomic mass is 10.1. The van der Waals surface area contributed by atoms with Crippen LogP contribution < -0.4 is 5.32 Å². The summed E-state index contributed by atoms with van der Waals surface area (Å²) in [5.74, 6) is -1.33. The van der Waals surface area contributed by atoms with Crippen LogP contribution in [0.4, 0.5) is 5.69 Å². The fourth-order valence-corrected chi connectivity index (χ4v) is 2.12. The van der Waals surface area contributed by atoms with Gasteiger partial charge in [-0.05, 0) is 30.3 Å². The Morgan fingerprint density at radius 2 is 1.85 bits per heavy atom. The van der Waals surface area contributed by atoms with Gasteiger partial charge in [0.15, 0.2) is 0 Å². The van der Waals surface area contributed by atoms with Gasteiger partial charge in [0, 0.05) is 28.3 Å². The summed E-state index contributed by atoms with van der Waals surface area (Å²) in [6, 6.07) is 9.28. The zero-order valence-corrected chi connectivity index (χ0v) is 11.9. The molecule has 6 heteroatoms. The van der Waals surface area contributed by atoms with E-state index < -0.39 is 5.97 Å². The van der Waals surface area contributed by atoms with Gasteiger partial charge in [-0.3, -0.25) is 0 Å². The van der Waals surface area contributed by atoms with Crippen LogP contribution >= 0.6 is 15.9 Å². The van der Waals surface area contributed by atoms with Crippen molar-refractivity contribution in [3.05, 3.63) is 52.0 Å². The molecule has 5 nitrogen and oxygen atoms in total. The summed E-state index contributed by atoms with van der Waals surface area (Å²) in [5, 5.41) is 31.1. The van der Waals surface area contributed by atoms with E-state index in [-0.39, 0.29) is 17.1 Å². The molecule has 0 aliphatic rings. The second-order valence-corrected chi connectivity index (χ2v) is 5.08. The Morgan fingerprint density at radius 3 is 2.50 bits per heavy atom. The number of carboxylic acid groups (broad SMARTS) is 1. The highest BCUT2D eigenvalue weighted by atomic mass is 79.9. The molecule has 0 heterocycles. The maximum Gasteiger partial charge on any atom is 0.339 e. The predicted octanol–water partition coefficient (Wildman–Crippen LogP) is 3.17. The first-order valence-corrected chi connectivity index (χ1v) is 6.54. The summed E-state index contributed by atoms with van der Waals surface area (Å²) in [5.41, 5.74) is 1.09. The highest BCUT2D eigenvalue weighted by Gasteiger charge is 2.09. The standard InChI is InChI=1S/C14H12BrNO4/c15-9-1-4-12(17)8(5-9)7-16-10-2-3-11(14(19)20)13(18)6-10/h1-6,16-18H,7H2,(H,19,20). The molecule has 0 saturated heterocycles. The van der Waals surface area contributed by atoms with Crippen LogP contribution in [0.2, 0.25) is 0 Å². The molecule has 0 radical (unpaired) electrons. The van der Waals surface area contributed by atoms with Gasteiger partial charge >= 0.3 is 5.97 Å². The Balaban J connectivity index is 2.13. The SMILES string of the molecule is O=C(O)c1ccc(NCc2cc(Br)ccc2O)cc1O. The second kappa shape index (κ2) is 5.83. The van der Waals surface area contributed by atoms with Crippen molar-refractivity contribution in [2.45, 2.75) is 6.54 Å². The van der Waals surface area contributed by atoms with Gasteiger partial charge in [0.05, 0.1) is 0 Å². The number of rotatable bonds is 4. The number of carbonyl (C=O) groups is 1. The van der Waals surface area contributed by atoms with Gasteiger partial charge in [0.1, 0.15) is 17.1 Å². The Kier molecular flexibility index (Phi) is 4.14. The fourth-order valence-electron chi connectivity index (χ4n) is 1.72. The number of hydrogen-bond donors (Lipinski definition) is 4. The third-order valence-corrected chi connectivity index (χ3v) is 3.25. The van der Waals surface area contributed by atoms with E-state index in [1.807, 2.05) is 0 Å². The molecule has 0 aromatic heterocycles. The zero-order chi connectivity index (χ0) is 14.7. The Bertz CT molecular complexity index is 658. The lowest BCUT2D eigenvalue weighted by Gasteiger charge is -2.10. The molecule has 0 fully saturated rings. The van der Waals surface area contributed by atoms with Crippen molar-refractivity contribution in [3.63, 3.8) is 0 Å². The summed E-state index contributed by atoms with van der Waals surface area (Å²) in [4.78, 5) is 10.8. The van der Waals surface area contributed by atoms with Crippen LogP contribution in [0.5, 0.6) is 11.5 Å². The lowest BCUT2D eigenvalue weighted by Crippen LogP contribution is -2.01. The van der Waals surface area contributed by atoms with Crippen molar-refractivity contribution in [2.24, 2.45) is 0 Å². The first-order chi connectivity index (χ1) is 9.47. The minimum absolute atomic E-state index is 0.152. The Hall–Kier alpha value is -2.21. The Morgan fingerprint density at radius 1 is 1.10 bits per heavy atom. The third-order valence-electron chi connectivity index (χ3n) is 2.75. The van der Waals surface area contributed by atoms with Crippen molar-refractivity contribution < 1.29 is 20.1 Å². The number of benzene rings is 2. The topological polar surface area (TPSA) is 89.8 Å². The minimum Gasteiger partial charge on any atom is -0.508 e. The molecule has 0 amide bonds. The van der Waals surface area contributed by atoms with Gasteiger partial charge in [-0.2, -0.15) is 0 Å². The first-order valence-electron chi connectivity index (χ1n) is 5.75. The fraction of sp³-hybridized carbons (Fsp3) is 0.0714. The number of aromatic carboxylic acids is 1. The van der Waals surface area contributed by atoms with Crippen LogP contribution in [-0.4, -0.2) is 21.3 Å². The number of halogens is 1. The van der Waals surface area contributed by atoms with Crippen molar-refractivity contribution in [2.75, 3.05) is 5.32 Å². The van der Waals surface area contributed by atoms with Gasteiger partial charge in [-0.25, -0.2) is 4.79 Å². The number of phenols is 2. The predicted molar refractivity (Wildman–Crippen MR) is 78.2 cm³/mol. The largest absolute Gasteiger partial charge is 0.508 e. The molecule has 0 bridgehead atoms. The quantitative estimate of drug-likeness (QED) is 0.688. The lowest BCUT2D eigenvalue weighted by molar-refractivity contribution is 0.0694. The zero-order valence-electron chi connectivity index (χ0n) is 10.3. The van der Waals surface area contributed by atoms with Gasteiger partial charge < -0.3 is 20.6 Å². The van der Waals surface area contributed by atoms with Gasteiger partial charge in [-0.15, -0.1) is 0 Å². The molecule has 0 unspecified atom stereocenters. The molecule has 2 rings (SSSR count). The van der Waals surface area contributed by atoms with Gasteiger partial charge in [-0.1, -0.05) is 15.9 Å². The molecule has 104 valence electrons. The summed E-state index contributed by atoms with van der Waals surface area (Å²) < 4.78 is 0.844. The third kappa shape index (κ3) is 3.21. The second-order valence-electron chi connectivity index (χ2n) is 4.16. The molecule has 20 heavy (non-hydrogen) atoms. The molecular weight excluding hydrogens is 326 g/mol. The molecule has 0 spiro atoms. The molecule has 0 aliphatic carbocycles. The monoisotopic (exact) mass is 337 g/mol. The molecule has 4 N–H and O–H groups in total. The highest BCUT2D eigenvalue weighted by Crippen LogP contribution is 2.25. The molecule has 2 aromatic carbocycles. The highest BCUT2D eigenvalue weighted by molar-refractivity contribution is 9.10. The van der Waals surface area contributed by atoms with E-state index in [0.29, 0.717) is 17.8 Å². The van der Waals surface area contributed by atoms with Gasteiger partial charge in [0.2, 0.25) is 0 Å². The molecule has 0 saturated carbocycles. The number of carboxylic acids is 1. The van der Waals surface area contributed by atoms with E-state index in [2.05, 4.69) is 21.2 Å². The number of nitrogens with one attached hydrogen (secondary N) is 1. The Labute approximate surface area is 123 Å². The summed E-state index contributed by atoms with van der Waals surface area (Å²) in [6.07, 6.45) is 0. The van der Waals surface area contributed by atoms with Crippen molar-refractivity contribution in [1.82, 2.24) is 0 Å². The summed E-state index contributed by atoms with van der Waals surface area (Å²) in [6.45, 7) is 0.344. The molecule has 0 atom stereocenters. The average molecular weight is 338 g/mol. The van der Waals surface area contributed by atoms with E-state index in [4.69, 9.17) is 5.11 Å². The summed E-state index contributed by atoms with van der Waals surface area (Å²) in [7, 11) is 0. The van der Waals surface area contributed by atoms with Crippen LogP contribution in [0.25, 0.3) is 0 Å². The van der Waals surface area contributed by atoms with Crippen molar-refractivity contribution >= 4 is 27.6 Å². The van der Waals surface area contributed by atoms with E-state index in [1.165, 1.54) is 12.1 Å². The normalized spacial score (nSPS) is 10.2. The van der Waals surface area contributed by atoms with Crippen LogP contribution in [0.15, 0.2) is 40.9 Å². The molecule has 2 aromatic rings. The van der Waals surface area contributed by atoms with Crippen LogP contribution in [0.3, 0.4) is 0 Å². The first kappa shape index (κ1) is 14.2. The molecule has 0 aliphatic heterocycles. The minimum atomic E-state index is -1.18. The van der Waals surface area contributed by atoms with Gasteiger partial charge in [0.25, 0.3) is 0 Å². The van der Waals surface area contributed by atoms with Crippen LogP contribution in [-0.2, 0) is 6.54 Å². The maximum atomic E-state index is 10.8. The maximum absolute atomic E-state index is 10.8. The van der Waals surface area contributed by atoms with E-state index in [0.717, 1.165) is 4.47 Å². The number of aromatic hydroxyl groups is 2. The van der Waals surface area contributed by atoms with E-state index in [1.54, 1.807) is 24.3 Å². The van der Waals surface area contributed by atoms with E-state index in [9.17, 15) is 15.0 Å². The van der Waals surface area contributed by atoms with Crippen molar-refractivity contribution in [3.8, 4) is 11.5 Å².